The highest BCUT2D eigenvalue weighted by Crippen LogP contribution is 2.34. The summed E-state index contributed by atoms with van der Waals surface area (Å²) in [6, 6.07) is 11.3. The van der Waals surface area contributed by atoms with Gasteiger partial charge < -0.3 is 29.5 Å². The third-order valence-electron chi connectivity index (χ3n) is 6.52. The summed E-state index contributed by atoms with van der Waals surface area (Å²) < 4.78 is 11.0. The summed E-state index contributed by atoms with van der Waals surface area (Å²) in [7, 11) is 1.57. The number of oxazole rings is 1. The molecule has 5 rings (SSSR count). The van der Waals surface area contributed by atoms with E-state index < -0.39 is 6.09 Å². The lowest BCUT2D eigenvalue weighted by Crippen LogP contribution is -2.41. The first kappa shape index (κ1) is 22.5. The topological polar surface area (TPSA) is 121 Å². The fraction of sp³-hybridized carbons (Fsp3) is 0.269. The Hall–Kier alpha value is -4.27. The minimum absolute atomic E-state index is 0.117. The zero-order valence-electron chi connectivity index (χ0n) is 19.5. The van der Waals surface area contributed by atoms with Gasteiger partial charge in [-0.2, -0.15) is 0 Å². The number of H-pyrrole nitrogens is 1. The van der Waals surface area contributed by atoms with Crippen LogP contribution in [0.2, 0.25) is 0 Å². The van der Waals surface area contributed by atoms with E-state index >= 15 is 0 Å². The van der Waals surface area contributed by atoms with Crippen LogP contribution in [0, 0.1) is 6.92 Å². The Kier molecular flexibility index (Phi) is 5.90. The molecular formula is C26H26N4O5. The second-order valence-electron chi connectivity index (χ2n) is 8.73. The molecule has 0 atom stereocenters. The molecule has 0 radical (unpaired) electrons. The Morgan fingerprint density at radius 3 is 2.71 bits per heavy atom. The molecule has 0 saturated carbocycles. The number of carbonyl (C=O) groups is 1. The van der Waals surface area contributed by atoms with E-state index in [0.29, 0.717) is 46.8 Å². The van der Waals surface area contributed by atoms with Crippen molar-refractivity contribution in [2.45, 2.75) is 25.8 Å². The maximum atomic E-state index is 13.1. The molecule has 3 N–H and O–H groups in total. The normalized spacial score (nSPS) is 14.3. The van der Waals surface area contributed by atoms with Crippen molar-refractivity contribution < 1.29 is 19.1 Å². The molecule has 2 aromatic heterocycles. The van der Waals surface area contributed by atoms with Crippen molar-refractivity contribution in [3.63, 3.8) is 0 Å². The van der Waals surface area contributed by atoms with Gasteiger partial charge in [0.05, 0.1) is 24.4 Å². The van der Waals surface area contributed by atoms with Crippen LogP contribution in [0.15, 0.2) is 58.2 Å². The van der Waals surface area contributed by atoms with Gasteiger partial charge in [0.15, 0.2) is 17.6 Å². The molecular weight excluding hydrogens is 448 g/mol. The first-order valence-electron chi connectivity index (χ1n) is 11.4. The number of aromatic nitrogens is 2. The minimum atomic E-state index is -0.869. The Morgan fingerprint density at radius 2 is 2.03 bits per heavy atom. The summed E-state index contributed by atoms with van der Waals surface area (Å²) in [5.41, 5.74) is 4.81. The molecule has 0 spiro atoms. The summed E-state index contributed by atoms with van der Waals surface area (Å²) >= 11 is 0. The molecule has 35 heavy (non-hydrogen) atoms. The third-order valence-corrected chi connectivity index (χ3v) is 6.52. The molecule has 1 amide bonds. The highest BCUT2D eigenvalue weighted by molar-refractivity contribution is 5.89. The monoisotopic (exact) mass is 474 g/mol. The number of amides is 1. The largest absolute Gasteiger partial charge is 0.496 e. The Bertz CT molecular complexity index is 1440. The number of likely N-dealkylation sites (tertiary alicyclic amines) is 1. The summed E-state index contributed by atoms with van der Waals surface area (Å²) in [4.78, 5) is 33.0. The first-order chi connectivity index (χ1) is 16.9. The number of rotatable bonds is 5. The van der Waals surface area contributed by atoms with Gasteiger partial charge in [0, 0.05) is 53.6 Å². The molecule has 180 valence electrons. The molecule has 1 aliphatic rings. The average molecular weight is 475 g/mol. The van der Waals surface area contributed by atoms with Crippen LogP contribution in [0.3, 0.4) is 0 Å². The van der Waals surface area contributed by atoms with Gasteiger partial charge in [-0.05, 0) is 37.5 Å². The zero-order valence-corrected chi connectivity index (χ0v) is 19.5. The van der Waals surface area contributed by atoms with Crippen LogP contribution in [-0.2, 0) is 0 Å². The number of anilines is 1. The summed E-state index contributed by atoms with van der Waals surface area (Å²) in [6.45, 7) is 3.06. The van der Waals surface area contributed by atoms with Gasteiger partial charge in [-0.3, -0.25) is 4.79 Å². The van der Waals surface area contributed by atoms with Gasteiger partial charge in [0.2, 0.25) is 0 Å². The molecule has 0 aliphatic carbocycles. The van der Waals surface area contributed by atoms with Crippen LogP contribution in [0.25, 0.3) is 33.5 Å². The van der Waals surface area contributed by atoms with Crippen molar-refractivity contribution in [2.24, 2.45) is 0 Å². The molecule has 3 heterocycles. The van der Waals surface area contributed by atoms with E-state index in [4.69, 9.17) is 9.15 Å². The van der Waals surface area contributed by atoms with E-state index in [2.05, 4.69) is 15.3 Å². The number of pyridine rings is 1. The van der Waals surface area contributed by atoms with E-state index in [1.165, 1.54) is 11.3 Å². The standard InChI is InChI=1S/C26H26N4O5/c1-15-3-4-16(9-20(15)28-17-5-7-30(8-6-17)26(32)33)21-11-23(31)18-10-19(25-13-27-14-35-25)24(34-2)12-22(18)29-21/h3-4,9-14,17,28H,5-8H2,1-2H3,(H,29,31)(H,32,33). The van der Waals surface area contributed by atoms with Crippen LogP contribution >= 0.6 is 0 Å². The second-order valence-corrected chi connectivity index (χ2v) is 8.73. The number of nitrogens with zero attached hydrogens (tertiary/aromatic N) is 2. The molecule has 2 aromatic carbocycles. The Morgan fingerprint density at radius 1 is 1.23 bits per heavy atom. The predicted molar refractivity (Wildman–Crippen MR) is 133 cm³/mol. The van der Waals surface area contributed by atoms with Crippen LogP contribution in [0.4, 0.5) is 10.5 Å². The van der Waals surface area contributed by atoms with Gasteiger partial charge in [-0.15, -0.1) is 0 Å². The maximum Gasteiger partial charge on any atom is 0.407 e. The number of piperidine rings is 1. The number of carboxylic acid groups (broad SMARTS) is 1. The van der Waals surface area contributed by atoms with E-state index in [9.17, 15) is 14.7 Å². The predicted octanol–water partition coefficient (Wildman–Crippen LogP) is 4.72. The van der Waals surface area contributed by atoms with Crippen LogP contribution in [0.1, 0.15) is 18.4 Å². The first-order valence-corrected chi connectivity index (χ1v) is 11.4. The molecule has 1 aliphatic heterocycles. The highest BCUT2D eigenvalue weighted by atomic mass is 16.5. The van der Waals surface area contributed by atoms with Gasteiger partial charge in [-0.25, -0.2) is 9.78 Å². The fourth-order valence-corrected chi connectivity index (χ4v) is 4.52. The summed E-state index contributed by atoms with van der Waals surface area (Å²) in [6.07, 6.45) is 3.54. The number of benzene rings is 2. The lowest BCUT2D eigenvalue weighted by Gasteiger charge is -2.31. The lowest BCUT2D eigenvalue weighted by molar-refractivity contribution is 0.134. The van der Waals surface area contributed by atoms with E-state index in [0.717, 1.165) is 29.7 Å². The molecule has 4 aromatic rings. The second kappa shape index (κ2) is 9.17. The lowest BCUT2D eigenvalue weighted by atomic mass is 10.0. The van der Waals surface area contributed by atoms with Crippen molar-refractivity contribution in [1.82, 2.24) is 14.9 Å². The maximum absolute atomic E-state index is 13.1. The quantitative estimate of drug-likeness (QED) is 0.383. The summed E-state index contributed by atoms with van der Waals surface area (Å²) in [5.74, 6) is 1.09. The zero-order chi connectivity index (χ0) is 24.5. The van der Waals surface area contributed by atoms with Crippen LogP contribution in [0.5, 0.6) is 5.75 Å². The molecule has 1 saturated heterocycles. The van der Waals surface area contributed by atoms with Gasteiger partial charge >= 0.3 is 6.09 Å². The average Bonchev–Trinajstić information content (AvgIpc) is 3.40. The molecule has 1 fully saturated rings. The Labute approximate surface area is 201 Å². The van der Waals surface area contributed by atoms with Gasteiger partial charge in [0.1, 0.15) is 5.75 Å². The minimum Gasteiger partial charge on any atom is -0.496 e. The van der Waals surface area contributed by atoms with Crippen LogP contribution in [-0.4, -0.2) is 52.3 Å². The number of aromatic amines is 1. The number of methoxy groups -OCH3 is 1. The van der Waals surface area contributed by atoms with Crippen molar-refractivity contribution >= 4 is 22.7 Å². The molecule has 9 heteroatoms. The number of ether oxygens (including phenoxy) is 1. The van der Waals surface area contributed by atoms with E-state index in [1.54, 1.807) is 31.5 Å². The number of hydrogen-bond acceptors (Lipinski definition) is 6. The van der Waals surface area contributed by atoms with Crippen molar-refractivity contribution in [1.29, 1.82) is 0 Å². The molecule has 0 bridgehead atoms. The van der Waals surface area contributed by atoms with Crippen molar-refractivity contribution in [3.8, 4) is 28.3 Å². The van der Waals surface area contributed by atoms with Gasteiger partial charge in [-0.1, -0.05) is 12.1 Å². The number of hydrogen-bond donors (Lipinski definition) is 3. The third kappa shape index (κ3) is 4.44. The molecule has 0 unspecified atom stereocenters. The van der Waals surface area contributed by atoms with Crippen molar-refractivity contribution in [2.75, 3.05) is 25.5 Å². The fourth-order valence-electron chi connectivity index (χ4n) is 4.52. The smallest absolute Gasteiger partial charge is 0.407 e. The van der Waals surface area contributed by atoms with Crippen molar-refractivity contribution in [3.05, 3.63) is 64.8 Å². The highest BCUT2D eigenvalue weighted by Gasteiger charge is 2.22. The number of nitrogens with one attached hydrogen (secondary N) is 2. The number of fused-ring (bicyclic) bond motifs is 1. The summed E-state index contributed by atoms with van der Waals surface area (Å²) in [5, 5.41) is 13.3. The molecule has 9 nitrogen and oxygen atoms in total. The number of aryl methyl sites for hydroxylation is 1. The van der Waals surface area contributed by atoms with E-state index in [1.807, 2.05) is 25.1 Å². The Balaban J connectivity index is 1.47. The van der Waals surface area contributed by atoms with E-state index in [-0.39, 0.29) is 11.5 Å². The van der Waals surface area contributed by atoms with Crippen LogP contribution < -0.4 is 15.5 Å². The van der Waals surface area contributed by atoms with Gasteiger partial charge in [0.25, 0.3) is 0 Å². The SMILES string of the molecule is COc1cc2[nH]c(-c3ccc(C)c(NC4CCN(C(=O)O)CC4)c3)cc(=O)c2cc1-c1cnco1.